The van der Waals surface area contributed by atoms with Crippen molar-refractivity contribution in [1.29, 1.82) is 0 Å². The van der Waals surface area contributed by atoms with E-state index in [1.807, 2.05) is 50.2 Å². The lowest BCUT2D eigenvalue weighted by molar-refractivity contribution is 0.628. The number of anilines is 1. The van der Waals surface area contributed by atoms with Crippen LogP contribution in [-0.4, -0.2) is 13.1 Å². The fourth-order valence-corrected chi connectivity index (χ4v) is 3.71. The molecular weight excluding hydrogens is 477 g/mol. The Morgan fingerprint density at radius 3 is 1.58 bits per heavy atom. The first kappa shape index (κ1) is 26.5. The van der Waals surface area contributed by atoms with Crippen molar-refractivity contribution in [3.63, 3.8) is 0 Å². The van der Waals surface area contributed by atoms with Gasteiger partial charge in [0.25, 0.3) is 0 Å². The molecule has 8 heteroatoms. The molecule has 4 aromatic rings. The number of aryl methyl sites for hydroxylation is 2. The fourth-order valence-electron chi connectivity index (χ4n) is 3.71. The third kappa shape index (κ3) is 7.00. The first-order valence-electron chi connectivity index (χ1n) is 12.5. The summed E-state index contributed by atoms with van der Waals surface area (Å²) >= 11 is 0. The van der Waals surface area contributed by atoms with Crippen LogP contribution in [0.1, 0.15) is 25.0 Å². The lowest BCUT2D eigenvalue weighted by Gasteiger charge is -2.21. The Morgan fingerprint density at radius 1 is 0.553 bits per heavy atom. The number of rotatable bonds is 9. The number of hydrogen-bond acceptors (Lipinski definition) is 7. The van der Waals surface area contributed by atoms with Crippen LogP contribution in [0.5, 0.6) is 0 Å². The van der Waals surface area contributed by atoms with Crippen molar-refractivity contribution >= 4 is 39.8 Å². The predicted octanol–water partition coefficient (Wildman–Crippen LogP) is 10.5. The summed E-state index contributed by atoms with van der Waals surface area (Å²) in [7, 11) is 0. The van der Waals surface area contributed by atoms with Gasteiger partial charge in [-0.15, -0.1) is 5.11 Å². The van der Waals surface area contributed by atoms with Gasteiger partial charge < -0.3 is 4.90 Å². The molecule has 0 fully saturated rings. The number of benzene rings is 4. The van der Waals surface area contributed by atoms with Crippen LogP contribution < -0.4 is 4.90 Å². The van der Waals surface area contributed by atoms with Gasteiger partial charge in [-0.25, -0.2) is 4.39 Å². The maximum absolute atomic E-state index is 14.6. The van der Waals surface area contributed by atoms with Crippen molar-refractivity contribution in [2.75, 3.05) is 18.0 Å². The van der Waals surface area contributed by atoms with Crippen LogP contribution in [0.15, 0.2) is 116 Å². The lowest BCUT2D eigenvalue weighted by atomic mass is 10.1. The number of nitrogens with zero attached hydrogens (tertiary/aromatic N) is 7. The Labute approximate surface area is 222 Å². The molecule has 0 unspecified atom stereocenters. The molecule has 0 saturated heterocycles. The van der Waals surface area contributed by atoms with Gasteiger partial charge in [0.05, 0.1) is 28.4 Å². The number of azo groups is 3. The predicted molar refractivity (Wildman–Crippen MR) is 151 cm³/mol. The zero-order valence-electron chi connectivity index (χ0n) is 22.0. The monoisotopic (exact) mass is 507 g/mol. The van der Waals surface area contributed by atoms with E-state index in [4.69, 9.17) is 0 Å². The first-order chi connectivity index (χ1) is 18.4. The van der Waals surface area contributed by atoms with Gasteiger partial charge in [0.1, 0.15) is 5.69 Å². The molecule has 7 nitrogen and oxygen atoms in total. The second kappa shape index (κ2) is 12.6. The Morgan fingerprint density at radius 2 is 1.03 bits per heavy atom. The minimum Gasteiger partial charge on any atom is -0.372 e. The van der Waals surface area contributed by atoms with Crippen LogP contribution >= 0.6 is 0 Å². The highest BCUT2D eigenvalue weighted by atomic mass is 19.1. The van der Waals surface area contributed by atoms with Gasteiger partial charge in [0.15, 0.2) is 5.82 Å². The normalized spacial score (nSPS) is 11.7. The van der Waals surface area contributed by atoms with Crippen molar-refractivity contribution in [3.8, 4) is 0 Å². The quantitative estimate of drug-likeness (QED) is 0.208. The average molecular weight is 508 g/mol. The minimum absolute atomic E-state index is 0.117. The van der Waals surface area contributed by atoms with Crippen LogP contribution in [0.3, 0.4) is 0 Å². The van der Waals surface area contributed by atoms with Gasteiger partial charge in [0, 0.05) is 24.8 Å². The molecule has 192 valence electrons. The van der Waals surface area contributed by atoms with E-state index in [1.54, 1.807) is 30.3 Å². The van der Waals surface area contributed by atoms with Crippen molar-refractivity contribution in [2.24, 2.45) is 30.7 Å². The summed E-state index contributed by atoms with van der Waals surface area (Å²) in [6, 6.07) is 25.4. The van der Waals surface area contributed by atoms with E-state index in [1.165, 1.54) is 17.7 Å². The standard InChI is InChI=1S/C30H30FN7/c1-5-38(6-2)27-16-18-29(22(4)19-27)36-35-26-15-17-30(28(31)20-26)37-34-25-13-11-24(12-14-25)33-32-23-9-7-21(3)8-10-23/h7-20H,5-6H2,1-4H3. The molecule has 0 aromatic heterocycles. The molecule has 4 aromatic carbocycles. The summed E-state index contributed by atoms with van der Waals surface area (Å²) in [6.07, 6.45) is 0. The van der Waals surface area contributed by atoms with Gasteiger partial charge in [-0.05, 0) is 100.0 Å². The lowest BCUT2D eigenvalue weighted by Crippen LogP contribution is -2.21. The van der Waals surface area contributed by atoms with E-state index in [9.17, 15) is 4.39 Å². The molecule has 0 radical (unpaired) electrons. The minimum atomic E-state index is -0.526. The molecule has 4 rings (SSSR count). The summed E-state index contributed by atoms with van der Waals surface area (Å²) in [5.41, 5.74) is 6.62. The van der Waals surface area contributed by atoms with Crippen LogP contribution in [0.25, 0.3) is 0 Å². The van der Waals surface area contributed by atoms with E-state index in [-0.39, 0.29) is 5.69 Å². The zero-order valence-corrected chi connectivity index (χ0v) is 22.0. The van der Waals surface area contributed by atoms with Gasteiger partial charge in [-0.3, -0.25) is 0 Å². The topological polar surface area (TPSA) is 77.4 Å². The zero-order chi connectivity index (χ0) is 26.9. The molecule has 0 aliphatic heterocycles. The smallest absolute Gasteiger partial charge is 0.152 e. The SMILES string of the molecule is CCN(CC)c1ccc(N=Nc2ccc(N=Nc3ccc(N=Nc4ccc(C)cc4)cc3)c(F)c2)c(C)c1. The molecular formula is C30H30FN7. The summed E-state index contributed by atoms with van der Waals surface area (Å²) in [4.78, 5) is 2.27. The van der Waals surface area contributed by atoms with Gasteiger partial charge in [-0.1, -0.05) is 17.7 Å². The molecule has 0 N–H and O–H groups in total. The third-order valence-electron chi connectivity index (χ3n) is 5.95. The summed E-state index contributed by atoms with van der Waals surface area (Å²) in [6.45, 7) is 10.1. The second-order valence-corrected chi connectivity index (χ2v) is 8.73. The third-order valence-corrected chi connectivity index (χ3v) is 5.95. The molecule has 0 spiro atoms. The average Bonchev–Trinajstić information content (AvgIpc) is 2.93. The summed E-state index contributed by atoms with van der Waals surface area (Å²) < 4.78 is 14.6. The Balaban J connectivity index is 1.39. The van der Waals surface area contributed by atoms with Gasteiger partial charge in [0.2, 0.25) is 0 Å². The Kier molecular flexibility index (Phi) is 8.77. The van der Waals surface area contributed by atoms with Crippen LogP contribution in [0.2, 0.25) is 0 Å². The van der Waals surface area contributed by atoms with Gasteiger partial charge >= 0.3 is 0 Å². The largest absolute Gasteiger partial charge is 0.372 e. The van der Waals surface area contributed by atoms with Crippen molar-refractivity contribution < 1.29 is 4.39 Å². The van der Waals surface area contributed by atoms with E-state index in [0.717, 1.165) is 35.7 Å². The highest BCUT2D eigenvalue weighted by Crippen LogP contribution is 2.30. The molecule has 0 heterocycles. The highest BCUT2D eigenvalue weighted by Gasteiger charge is 2.06. The molecule has 0 aliphatic carbocycles. The van der Waals surface area contributed by atoms with E-state index < -0.39 is 5.82 Å². The van der Waals surface area contributed by atoms with Crippen LogP contribution in [-0.2, 0) is 0 Å². The summed E-state index contributed by atoms with van der Waals surface area (Å²) in [5.74, 6) is -0.526. The molecule has 38 heavy (non-hydrogen) atoms. The van der Waals surface area contributed by atoms with Crippen LogP contribution in [0, 0.1) is 19.7 Å². The van der Waals surface area contributed by atoms with Crippen LogP contribution in [0.4, 0.5) is 44.2 Å². The van der Waals surface area contributed by atoms with E-state index in [0.29, 0.717) is 17.1 Å². The Hall–Kier alpha value is -4.59. The maximum Gasteiger partial charge on any atom is 0.152 e. The molecule has 0 bridgehead atoms. The van der Waals surface area contributed by atoms with Crippen molar-refractivity contribution in [1.82, 2.24) is 0 Å². The second-order valence-electron chi connectivity index (χ2n) is 8.73. The molecule has 0 amide bonds. The maximum atomic E-state index is 14.6. The Bertz CT molecular complexity index is 1460. The fraction of sp³-hybridized carbons (Fsp3) is 0.200. The van der Waals surface area contributed by atoms with Gasteiger partial charge in [-0.2, -0.15) is 25.6 Å². The highest BCUT2D eigenvalue weighted by molar-refractivity contribution is 5.58. The molecule has 0 atom stereocenters. The number of halogens is 1. The molecule has 0 aliphatic rings. The van der Waals surface area contributed by atoms with Crippen molar-refractivity contribution in [3.05, 3.63) is 102 Å². The first-order valence-corrected chi connectivity index (χ1v) is 12.5. The van der Waals surface area contributed by atoms with E-state index >= 15 is 0 Å². The van der Waals surface area contributed by atoms with E-state index in [2.05, 4.69) is 55.5 Å². The van der Waals surface area contributed by atoms with Crippen molar-refractivity contribution in [2.45, 2.75) is 27.7 Å². The molecule has 0 saturated carbocycles. The number of hydrogen-bond donors (Lipinski definition) is 0. The summed E-state index contributed by atoms with van der Waals surface area (Å²) in [5, 5.41) is 25.1.